The highest BCUT2D eigenvalue weighted by Gasteiger charge is 2.49. The van der Waals surface area contributed by atoms with Crippen LogP contribution in [0.3, 0.4) is 0 Å². The van der Waals surface area contributed by atoms with E-state index in [1.54, 1.807) is 0 Å². The average molecular weight is 675 g/mol. The fourth-order valence-electron chi connectivity index (χ4n) is 9.85. The summed E-state index contributed by atoms with van der Waals surface area (Å²) in [6.45, 7) is 31.9. The second-order valence-corrected chi connectivity index (χ2v) is 27.9. The van der Waals surface area contributed by atoms with Crippen LogP contribution >= 0.6 is 0 Å². The van der Waals surface area contributed by atoms with Gasteiger partial charge in [0.15, 0.2) is 11.2 Å². The van der Waals surface area contributed by atoms with Crippen molar-refractivity contribution in [3.05, 3.63) is 81.9 Å². The van der Waals surface area contributed by atoms with Crippen LogP contribution in [0.25, 0.3) is 22.3 Å². The Kier molecular flexibility index (Phi) is 9.46. The largest absolute Gasteiger partial charge is 0.369 e. The monoisotopic (exact) mass is 674 g/mol. The van der Waals surface area contributed by atoms with Crippen LogP contribution < -0.4 is 0 Å². The third kappa shape index (κ3) is 5.22. The molecule has 0 heterocycles. The van der Waals surface area contributed by atoms with Gasteiger partial charge in [0.1, 0.15) is 16.1 Å². The number of aryl methyl sites for hydroxylation is 2. The molecule has 2 atom stereocenters. The molecule has 5 rings (SSSR count). The molecule has 0 saturated heterocycles. The summed E-state index contributed by atoms with van der Waals surface area (Å²) < 4.78 is 0. The number of hydrogen-bond acceptors (Lipinski definition) is 2. The Balaban J connectivity index is 1.84. The Labute approximate surface area is 293 Å². The number of rotatable bonds is 6. The van der Waals surface area contributed by atoms with Crippen LogP contribution in [0, 0.1) is 36.8 Å². The van der Waals surface area contributed by atoms with Crippen LogP contribution in [0.1, 0.15) is 116 Å². The molecule has 0 fully saturated rings. The third-order valence-corrected chi connectivity index (χ3v) is 24.9. The minimum atomic E-state index is -2.14. The Morgan fingerprint density at radius 2 is 0.708 bits per heavy atom. The van der Waals surface area contributed by atoms with Crippen LogP contribution in [0.5, 0.6) is 0 Å². The molecule has 0 aromatic heterocycles. The van der Waals surface area contributed by atoms with Gasteiger partial charge in [-0.05, 0) is 81.5 Å². The first-order valence-corrected chi connectivity index (χ1v) is 22.7. The summed E-state index contributed by atoms with van der Waals surface area (Å²) in [6.07, 6.45) is 0. The summed E-state index contributed by atoms with van der Waals surface area (Å²) in [5, 5.41) is 25.9. The molecule has 48 heavy (non-hydrogen) atoms. The minimum Gasteiger partial charge on any atom is -0.369 e. The SMILES string of the molecule is Cc1ccc2c(c1)C(O)(C#C[Si](C(C)C)(C(C)C)C(C)C)c1cc3c(cc1-2)C(O)(C#C[Si](C(C)C)(C(C)C)C(C)C)c1cc(C)ccc1-3. The maximum Gasteiger partial charge on any atom is 0.177 e. The molecule has 0 spiro atoms. The molecule has 0 saturated carbocycles. The lowest BCUT2D eigenvalue weighted by Crippen LogP contribution is -2.44. The van der Waals surface area contributed by atoms with E-state index in [4.69, 9.17) is 0 Å². The lowest BCUT2D eigenvalue weighted by Gasteiger charge is -2.38. The first-order valence-electron chi connectivity index (χ1n) is 18.2. The van der Waals surface area contributed by atoms with Gasteiger partial charge in [-0.2, -0.15) is 0 Å². The van der Waals surface area contributed by atoms with Crippen LogP contribution in [-0.4, -0.2) is 26.4 Å². The van der Waals surface area contributed by atoms with Crippen molar-refractivity contribution in [3.8, 4) is 45.2 Å². The van der Waals surface area contributed by atoms with Crippen LogP contribution in [0.15, 0.2) is 48.5 Å². The van der Waals surface area contributed by atoms with Crippen molar-refractivity contribution in [3.63, 3.8) is 0 Å². The number of hydrogen-bond donors (Lipinski definition) is 2. The summed E-state index contributed by atoms with van der Waals surface area (Å²) in [5.41, 5.74) is 16.9. The van der Waals surface area contributed by atoms with E-state index >= 15 is 0 Å². The van der Waals surface area contributed by atoms with Crippen molar-refractivity contribution < 1.29 is 10.2 Å². The van der Waals surface area contributed by atoms with E-state index in [0.717, 1.165) is 55.6 Å². The molecule has 0 amide bonds. The minimum absolute atomic E-state index is 0.452. The van der Waals surface area contributed by atoms with E-state index in [9.17, 15) is 10.2 Å². The molecular formula is C44H58O2Si2. The van der Waals surface area contributed by atoms with Crippen molar-refractivity contribution >= 4 is 16.1 Å². The molecule has 254 valence electrons. The standard InChI is InChI=1S/C44H58O2Si2/c1-27(2)47(28(3)4,29(5)6)21-19-43(45)39-23-33(13)15-17-35(39)37-26-42-38(25-41(37)43)36-18-16-34(14)24-40(36)44(42,46)20-22-48(30(7)8,31(9)10)32(11)12/h15-18,23-32,45-46H,1-14H3. The van der Waals surface area contributed by atoms with Crippen molar-refractivity contribution in [1.82, 2.24) is 0 Å². The van der Waals surface area contributed by atoms with E-state index in [0.29, 0.717) is 33.2 Å². The highest BCUT2D eigenvalue weighted by Crippen LogP contribution is 2.56. The summed E-state index contributed by atoms with van der Waals surface area (Å²) in [4.78, 5) is 0. The summed E-state index contributed by atoms with van der Waals surface area (Å²) in [5.74, 6) is 7.18. The Bertz CT molecular complexity index is 1690. The van der Waals surface area contributed by atoms with Crippen molar-refractivity contribution in [2.75, 3.05) is 0 Å². The predicted molar refractivity (Wildman–Crippen MR) is 210 cm³/mol. The van der Waals surface area contributed by atoms with Gasteiger partial charge >= 0.3 is 0 Å². The zero-order valence-corrected chi connectivity index (χ0v) is 34.0. The number of fused-ring (bicyclic) bond motifs is 6. The zero-order chi connectivity index (χ0) is 35.7. The van der Waals surface area contributed by atoms with Gasteiger partial charge in [-0.1, -0.05) is 142 Å². The second kappa shape index (κ2) is 12.5. The van der Waals surface area contributed by atoms with E-state index in [-0.39, 0.29) is 0 Å². The summed E-state index contributed by atoms with van der Waals surface area (Å²) >= 11 is 0. The second-order valence-electron chi connectivity index (χ2n) is 16.8. The topological polar surface area (TPSA) is 40.5 Å². The van der Waals surface area contributed by atoms with Crippen LogP contribution in [0.2, 0.25) is 33.2 Å². The molecule has 0 aliphatic heterocycles. The van der Waals surface area contributed by atoms with Crippen LogP contribution in [-0.2, 0) is 11.2 Å². The quantitative estimate of drug-likeness (QED) is 0.202. The number of aliphatic hydroxyl groups is 2. The van der Waals surface area contributed by atoms with Gasteiger partial charge in [0.2, 0.25) is 0 Å². The van der Waals surface area contributed by atoms with E-state index in [2.05, 4.69) is 168 Å². The molecule has 4 heteroatoms. The Morgan fingerprint density at radius 1 is 0.438 bits per heavy atom. The van der Waals surface area contributed by atoms with E-state index in [1.807, 2.05) is 0 Å². The summed E-state index contributed by atoms with van der Waals surface area (Å²) in [7, 11) is -4.28. The molecule has 0 bridgehead atoms. The van der Waals surface area contributed by atoms with Gasteiger partial charge in [0.05, 0.1) is 0 Å². The van der Waals surface area contributed by atoms with Gasteiger partial charge in [-0.3, -0.25) is 0 Å². The van der Waals surface area contributed by atoms with Gasteiger partial charge in [-0.25, -0.2) is 0 Å². The maximum atomic E-state index is 12.9. The Morgan fingerprint density at radius 3 is 0.979 bits per heavy atom. The van der Waals surface area contributed by atoms with Gasteiger partial charge in [0, 0.05) is 22.3 Å². The predicted octanol–water partition coefficient (Wildman–Crippen LogP) is 11.2. The van der Waals surface area contributed by atoms with Gasteiger partial charge in [0.25, 0.3) is 0 Å². The highest BCUT2D eigenvalue weighted by molar-refractivity contribution is 6.91. The number of benzene rings is 3. The van der Waals surface area contributed by atoms with E-state index in [1.165, 1.54) is 0 Å². The normalized spacial score (nSPS) is 19.8. The van der Waals surface area contributed by atoms with E-state index < -0.39 is 27.3 Å². The first-order chi connectivity index (χ1) is 22.3. The lowest BCUT2D eigenvalue weighted by atomic mass is 9.87. The molecule has 2 nitrogen and oxygen atoms in total. The molecular weight excluding hydrogens is 617 g/mol. The molecule has 2 aliphatic rings. The molecule has 2 N–H and O–H groups in total. The molecule has 2 aliphatic carbocycles. The first kappa shape index (κ1) is 36.4. The smallest absolute Gasteiger partial charge is 0.177 e. The lowest BCUT2D eigenvalue weighted by molar-refractivity contribution is 0.147. The third-order valence-electron chi connectivity index (χ3n) is 12.3. The fourth-order valence-corrected chi connectivity index (χ4v) is 20.4. The Hall–Kier alpha value is -2.87. The molecule has 0 radical (unpaired) electrons. The van der Waals surface area contributed by atoms with Gasteiger partial charge < -0.3 is 10.2 Å². The van der Waals surface area contributed by atoms with Crippen LogP contribution in [0.4, 0.5) is 0 Å². The fraction of sp³-hybridized carbons (Fsp3) is 0.500. The van der Waals surface area contributed by atoms with Gasteiger partial charge in [-0.15, -0.1) is 11.1 Å². The molecule has 2 unspecified atom stereocenters. The van der Waals surface area contributed by atoms with Crippen molar-refractivity contribution in [2.24, 2.45) is 0 Å². The molecule has 3 aromatic carbocycles. The maximum absolute atomic E-state index is 12.9. The van der Waals surface area contributed by atoms with Crippen molar-refractivity contribution in [2.45, 2.75) is 141 Å². The molecule has 3 aromatic rings. The summed E-state index contributed by atoms with van der Waals surface area (Å²) in [6, 6.07) is 16.9. The highest BCUT2D eigenvalue weighted by atomic mass is 28.3. The average Bonchev–Trinajstić information content (AvgIpc) is 3.36. The van der Waals surface area contributed by atoms with Crippen molar-refractivity contribution in [1.29, 1.82) is 0 Å². The zero-order valence-electron chi connectivity index (χ0n) is 32.0.